The average Bonchev–Trinajstić information content (AvgIpc) is 3.12. The van der Waals surface area contributed by atoms with Crippen LogP contribution >= 0.6 is 7.60 Å². The Balaban J connectivity index is 2.47. The van der Waals surface area contributed by atoms with E-state index in [1.807, 2.05) is 12.1 Å². The number of hydrogen-bond acceptors (Lipinski definition) is 11. The van der Waals surface area contributed by atoms with Crippen molar-refractivity contribution in [2.75, 3.05) is 14.2 Å². The normalized spacial score (nSPS) is 22.2. The Morgan fingerprint density at radius 2 is 1.22 bits per heavy atom. The number of rotatable bonds is 17. The average molecular weight is 908 g/mol. The zero-order valence-corrected chi connectivity index (χ0v) is 43.4. The lowest BCUT2D eigenvalue weighted by molar-refractivity contribution is -0.300. The second-order valence-corrected chi connectivity index (χ2v) is 36.3. The van der Waals surface area contributed by atoms with Crippen molar-refractivity contribution in [1.29, 1.82) is 0 Å². The number of esters is 1. The van der Waals surface area contributed by atoms with Gasteiger partial charge < -0.3 is 41.9 Å². The third-order valence-corrected chi connectivity index (χ3v) is 27.5. The summed E-state index contributed by atoms with van der Waals surface area (Å²) in [6, 6.07) is 16.8. The van der Waals surface area contributed by atoms with Crippen molar-refractivity contribution in [3.05, 3.63) is 72.6 Å². The van der Waals surface area contributed by atoms with Crippen LogP contribution in [-0.2, 0) is 41.6 Å². The second-order valence-electron chi connectivity index (χ2n) is 20.3. The van der Waals surface area contributed by atoms with E-state index in [1.54, 1.807) is 54.6 Å². The van der Waals surface area contributed by atoms with Crippen molar-refractivity contribution in [2.45, 2.75) is 166 Å². The summed E-state index contributed by atoms with van der Waals surface area (Å²) in [5.41, 5.74) is 0. The Bertz CT molecular complexity index is 1760. The molecule has 0 radical (unpaired) electrons. The molecule has 0 aliphatic carbocycles. The van der Waals surface area contributed by atoms with Crippen LogP contribution in [0.4, 0.5) is 0 Å². The number of methoxy groups -OCH3 is 2. The van der Waals surface area contributed by atoms with Gasteiger partial charge in [-0.05, 0) is 84.7 Å². The molecule has 0 bridgehead atoms. The first-order chi connectivity index (χ1) is 27.3. The van der Waals surface area contributed by atoms with Gasteiger partial charge in [-0.25, -0.2) is 9.36 Å². The summed E-state index contributed by atoms with van der Waals surface area (Å²) in [6.07, 6.45) is -2.42. The Labute approximate surface area is 363 Å². The van der Waals surface area contributed by atoms with E-state index in [0.717, 1.165) is 0 Å². The zero-order chi connectivity index (χ0) is 45.8. The van der Waals surface area contributed by atoms with E-state index in [0.29, 0.717) is 11.5 Å². The summed E-state index contributed by atoms with van der Waals surface area (Å²) in [4.78, 5) is 27.3. The van der Waals surface area contributed by atoms with Gasteiger partial charge in [0.15, 0.2) is 25.0 Å². The number of nitrogens with one attached hydrogen (secondary N) is 1. The number of carbonyl (C=O) groups is 2. The zero-order valence-electron chi connectivity index (χ0n) is 39.5. The molecule has 12 nitrogen and oxygen atoms in total. The van der Waals surface area contributed by atoms with Crippen LogP contribution in [0.5, 0.6) is 11.5 Å². The van der Waals surface area contributed by atoms with Gasteiger partial charge in [-0.2, -0.15) is 0 Å². The van der Waals surface area contributed by atoms with Crippen molar-refractivity contribution in [1.82, 2.24) is 5.32 Å². The molecule has 0 aromatic heterocycles. The SMILES string of the molecule is COC(=O)[C@]1(OC)C[C@H](O[Si](C)(C)C(C)(C)C)[C@@H](NC(C)=O)[C@H]([C@H](O[Si](C)(C)C(C)(C)C)[C@@H](/C=C/P(=O)(Oc2ccccc2)Oc2ccccc2)O[Si](C)(C)C(C)(C)C)O1. The number of amides is 1. The van der Waals surface area contributed by atoms with Gasteiger partial charge in [0.2, 0.25) is 5.91 Å². The molecule has 1 aliphatic rings. The lowest BCUT2D eigenvalue weighted by Crippen LogP contribution is -2.71. The fraction of sp³-hybridized carbons (Fsp3) is 0.636. The van der Waals surface area contributed by atoms with Gasteiger partial charge in [0.05, 0.1) is 31.2 Å². The molecule has 1 aliphatic heterocycles. The Hall–Kier alpha value is -2.60. The Kier molecular flexibility index (Phi) is 16.8. The highest BCUT2D eigenvalue weighted by Crippen LogP contribution is 2.51. The van der Waals surface area contributed by atoms with E-state index < -0.39 is 74.8 Å². The number of para-hydroxylation sites is 2. The summed E-state index contributed by atoms with van der Waals surface area (Å²) >= 11 is 0. The van der Waals surface area contributed by atoms with Gasteiger partial charge in [0.1, 0.15) is 23.7 Å². The molecule has 1 fully saturated rings. The van der Waals surface area contributed by atoms with Gasteiger partial charge in [-0.15, -0.1) is 0 Å². The van der Waals surface area contributed by atoms with Crippen LogP contribution < -0.4 is 14.4 Å². The molecule has 1 heterocycles. The number of benzene rings is 2. The largest absolute Gasteiger partial charge is 0.465 e. The van der Waals surface area contributed by atoms with Crippen LogP contribution in [0.1, 0.15) is 75.7 Å². The molecule has 16 heteroatoms. The maximum absolute atomic E-state index is 15.1. The number of carbonyl (C=O) groups excluding carboxylic acids is 2. The summed E-state index contributed by atoms with van der Waals surface area (Å²) < 4.78 is 67.7. The van der Waals surface area contributed by atoms with E-state index >= 15 is 4.57 Å². The predicted octanol–water partition coefficient (Wildman–Crippen LogP) is 10.8. The number of ether oxygens (including phenoxy) is 3. The predicted molar refractivity (Wildman–Crippen MR) is 246 cm³/mol. The maximum atomic E-state index is 15.1. The summed E-state index contributed by atoms with van der Waals surface area (Å²) in [6.45, 7) is 33.2. The molecule has 60 heavy (non-hydrogen) atoms. The molecule has 338 valence electrons. The molecule has 1 N–H and O–H groups in total. The minimum atomic E-state index is -4.15. The van der Waals surface area contributed by atoms with Crippen LogP contribution in [0, 0.1) is 0 Å². The molecule has 0 saturated carbocycles. The van der Waals surface area contributed by atoms with Gasteiger partial charge in [0, 0.05) is 20.5 Å². The smallest absolute Gasteiger partial charge is 0.455 e. The van der Waals surface area contributed by atoms with Gasteiger partial charge in [-0.1, -0.05) is 98.7 Å². The topological polar surface area (TPSA) is 137 Å². The monoisotopic (exact) mass is 907 g/mol. The standard InChI is InChI=1S/C44H74NO11PSi3/c1-32(46)45-37-36(55-59(15,16)42(5,6)7)31-44(50-12,40(47)49-11)51-39(37)38(56-60(17,18)43(8,9)10)35(54-58(13,14)41(2,3)4)29-30-57(48,52-33-25-21-19-22-26-33)53-34-27-23-20-24-28-34/h19-30,35-39H,31H2,1-18H3,(H,45,46)/b30-29+/t35-,36+,37-,38-,39-,44+/m1/s1. The minimum Gasteiger partial charge on any atom is -0.465 e. The number of hydrogen-bond donors (Lipinski definition) is 1. The first-order valence-corrected chi connectivity index (χ1v) is 31.1. The summed E-state index contributed by atoms with van der Waals surface area (Å²) in [5, 5.41) is 2.29. The molecule has 6 atom stereocenters. The molecule has 3 rings (SSSR count). The molecule has 2 aromatic carbocycles. The van der Waals surface area contributed by atoms with Crippen LogP contribution in [0.25, 0.3) is 0 Å². The van der Waals surface area contributed by atoms with Crippen molar-refractivity contribution in [3.63, 3.8) is 0 Å². The maximum Gasteiger partial charge on any atom is 0.455 e. The minimum absolute atomic E-state index is 0.0778. The second kappa shape index (κ2) is 19.4. The molecular formula is C44H74NO11PSi3. The van der Waals surface area contributed by atoms with E-state index in [9.17, 15) is 9.59 Å². The third kappa shape index (κ3) is 13.0. The van der Waals surface area contributed by atoms with E-state index in [4.69, 9.17) is 36.5 Å². The molecule has 1 saturated heterocycles. The first-order valence-electron chi connectivity index (χ1n) is 20.7. The van der Waals surface area contributed by atoms with Gasteiger partial charge in [-0.3, -0.25) is 4.79 Å². The fourth-order valence-electron chi connectivity index (χ4n) is 5.89. The van der Waals surface area contributed by atoms with Crippen molar-refractivity contribution in [2.24, 2.45) is 0 Å². The van der Waals surface area contributed by atoms with Crippen LogP contribution in [0.3, 0.4) is 0 Å². The van der Waals surface area contributed by atoms with E-state index in [1.165, 1.54) is 27.0 Å². The highest BCUT2D eigenvalue weighted by atomic mass is 31.2. The summed E-state index contributed by atoms with van der Waals surface area (Å²) in [7, 11) is -9.64. The Morgan fingerprint density at radius 1 is 0.767 bits per heavy atom. The van der Waals surface area contributed by atoms with E-state index in [-0.39, 0.29) is 27.4 Å². The molecule has 1 amide bonds. The fourth-order valence-corrected chi connectivity index (χ4v) is 11.2. The lowest BCUT2D eigenvalue weighted by atomic mass is 9.88. The highest BCUT2D eigenvalue weighted by Gasteiger charge is 2.60. The molecule has 0 unspecified atom stereocenters. The molecular weight excluding hydrogens is 834 g/mol. The Morgan fingerprint density at radius 3 is 1.62 bits per heavy atom. The highest BCUT2D eigenvalue weighted by molar-refractivity contribution is 7.58. The van der Waals surface area contributed by atoms with Crippen molar-refractivity contribution in [3.8, 4) is 11.5 Å². The molecule has 0 spiro atoms. The van der Waals surface area contributed by atoms with Crippen molar-refractivity contribution >= 4 is 44.4 Å². The van der Waals surface area contributed by atoms with E-state index in [2.05, 4.69) is 107 Å². The first kappa shape index (κ1) is 51.7. The van der Waals surface area contributed by atoms with Crippen molar-refractivity contribution < 1.29 is 50.7 Å². The summed E-state index contributed by atoms with van der Waals surface area (Å²) in [5.74, 6) is -0.957. The molecule has 2 aromatic rings. The quantitative estimate of drug-likeness (QED) is 0.0922. The van der Waals surface area contributed by atoms with Gasteiger partial charge >= 0.3 is 13.6 Å². The third-order valence-electron chi connectivity index (χ3n) is 12.5. The van der Waals surface area contributed by atoms with Gasteiger partial charge in [0.25, 0.3) is 5.79 Å². The van der Waals surface area contributed by atoms with Crippen LogP contribution in [0.2, 0.25) is 54.4 Å². The van der Waals surface area contributed by atoms with Crippen LogP contribution in [0.15, 0.2) is 72.6 Å². The lowest BCUT2D eigenvalue weighted by Gasteiger charge is -2.53. The van der Waals surface area contributed by atoms with Crippen LogP contribution in [-0.4, -0.2) is 87.3 Å².